The standard InChI is InChI=1S/C25H25N3O2/c1-16-10-19-12-23(29)24(30-2)13-20(19)15-28(16)14-17-6-5-7-18(11-17)25-26-21-8-3-4-9-22(21)27-25/h3-9,11-13,16,29H,10,14-15H2,1-2H3,(H,26,27). The summed E-state index contributed by atoms with van der Waals surface area (Å²) in [7, 11) is 1.59. The van der Waals surface area contributed by atoms with Crippen LogP contribution in [0, 0.1) is 0 Å². The van der Waals surface area contributed by atoms with Crippen molar-refractivity contribution < 1.29 is 9.84 Å². The molecule has 0 saturated heterocycles. The predicted molar refractivity (Wildman–Crippen MR) is 119 cm³/mol. The van der Waals surface area contributed by atoms with Crippen molar-refractivity contribution in [3.63, 3.8) is 0 Å². The van der Waals surface area contributed by atoms with E-state index in [1.165, 1.54) is 16.7 Å². The number of benzene rings is 3. The first kappa shape index (κ1) is 18.7. The molecule has 2 heterocycles. The SMILES string of the molecule is COc1cc2c(cc1O)CC(C)N(Cc1cccc(-c3nc4ccccc4[nH]3)c1)C2. The number of para-hydroxylation sites is 2. The number of ether oxygens (including phenoxy) is 1. The van der Waals surface area contributed by atoms with E-state index in [2.05, 4.69) is 47.1 Å². The Morgan fingerprint density at radius 2 is 1.97 bits per heavy atom. The Hall–Kier alpha value is -3.31. The Morgan fingerprint density at radius 3 is 2.80 bits per heavy atom. The van der Waals surface area contributed by atoms with Crippen LogP contribution in [0.2, 0.25) is 0 Å². The minimum Gasteiger partial charge on any atom is -0.504 e. The van der Waals surface area contributed by atoms with Gasteiger partial charge in [-0.1, -0.05) is 30.3 Å². The zero-order valence-electron chi connectivity index (χ0n) is 17.2. The molecule has 5 heteroatoms. The molecule has 0 fully saturated rings. The molecule has 0 bridgehead atoms. The molecule has 1 aromatic heterocycles. The zero-order valence-corrected chi connectivity index (χ0v) is 17.2. The number of hydrogen-bond donors (Lipinski definition) is 2. The number of aromatic nitrogens is 2. The molecule has 2 N–H and O–H groups in total. The van der Waals surface area contributed by atoms with Crippen LogP contribution in [0.3, 0.4) is 0 Å². The molecular formula is C25H25N3O2. The van der Waals surface area contributed by atoms with E-state index in [4.69, 9.17) is 9.72 Å². The van der Waals surface area contributed by atoms with Gasteiger partial charge in [0, 0.05) is 24.7 Å². The van der Waals surface area contributed by atoms with Crippen LogP contribution in [0.1, 0.15) is 23.6 Å². The van der Waals surface area contributed by atoms with Gasteiger partial charge in [-0.15, -0.1) is 0 Å². The highest BCUT2D eigenvalue weighted by Crippen LogP contribution is 2.34. The quantitative estimate of drug-likeness (QED) is 0.513. The van der Waals surface area contributed by atoms with Crippen molar-refractivity contribution in [3.8, 4) is 22.9 Å². The van der Waals surface area contributed by atoms with Crippen LogP contribution in [0.4, 0.5) is 0 Å². The summed E-state index contributed by atoms with van der Waals surface area (Å²) in [5.74, 6) is 1.65. The van der Waals surface area contributed by atoms with E-state index in [0.717, 1.165) is 41.9 Å². The van der Waals surface area contributed by atoms with E-state index >= 15 is 0 Å². The number of phenolic OH excluding ortho intramolecular Hbond substituents is 1. The lowest BCUT2D eigenvalue weighted by Crippen LogP contribution is -2.37. The van der Waals surface area contributed by atoms with Crippen LogP contribution in [-0.2, 0) is 19.5 Å². The zero-order chi connectivity index (χ0) is 20.7. The number of phenols is 1. The fourth-order valence-electron chi connectivity index (χ4n) is 4.33. The number of H-pyrrole nitrogens is 1. The van der Waals surface area contributed by atoms with Crippen LogP contribution in [0.5, 0.6) is 11.5 Å². The molecule has 0 amide bonds. The van der Waals surface area contributed by atoms with Gasteiger partial charge in [0.2, 0.25) is 0 Å². The lowest BCUT2D eigenvalue weighted by atomic mass is 9.93. The number of hydrogen-bond acceptors (Lipinski definition) is 4. The molecule has 5 rings (SSSR count). The average molecular weight is 399 g/mol. The largest absolute Gasteiger partial charge is 0.504 e. The van der Waals surface area contributed by atoms with Crippen molar-refractivity contribution in [2.75, 3.05) is 7.11 Å². The Kier molecular flexibility index (Phi) is 4.68. The number of aromatic amines is 1. The second kappa shape index (κ2) is 7.50. The summed E-state index contributed by atoms with van der Waals surface area (Å²) in [6.45, 7) is 3.94. The summed E-state index contributed by atoms with van der Waals surface area (Å²) in [4.78, 5) is 10.6. The lowest BCUT2D eigenvalue weighted by Gasteiger charge is -2.35. The third kappa shape index (κ3) is 3.42. The van der Waals surface area contributed by atoms with Gasteiger partial charge in [-0.2, -0.15) is 0 Å². The molecular weight excluding hydrogens is 374 g/mol. The van der Waals surface area contributed by atoms with E-state index in [1.807, 2.05) is 30.3 Å². The number of fused-ring (bicyclic) bond motifs is 2. The summed E-state index contributed by atoms with van der Waals surface area (Å²) in [5, 5.41) is 10.1. The molecule has 3 aromatic carbocycles. The molecule has 0 aliphatic carbocycles. The molecule has 5 nitrogen and oxygen atoms in total. The van der Waals surface area contributed by atoms with E-state index in [9.17, 15) is 5.11 Å². The normalized spacial score (nSPS) is 16.5. The molecule has 0 radical (unpaired) electrons. The Balaban J connectivity index is 1.40. The second-order valence-corrected chi connectivity index (χ2v) is 8.05. The smallest absolute Gasteiger partial charge is 0.160 e. The number of rotatable bonds is 4. The lowest BCUT2D eigenvalue weighted by molar-refractivity contribution is 0.174. The number of nitrogens with one attached hydrogen (secondary N) is 1. The van der Waals surface area contributed by atoms with E-state index in [-0.39, 0.29) is 5.75 Å². The minimum atomic E-state index is 0.218. The van der Waals surface area contributed by atoms with Crippen LogP contribution in [0.15, 0.2) is 60.7 Å². The molecule has 0 spiro atoms. The second-order valence-electron chi connectivity index (χ2n) is 8.05. The summed E-state index contributed by atoms with van der Waals surface area (Å²) in [6.07, 6.45) is 0.913. The Labute approximate surface area is 176 Å². The number of aromatic hydroxyl groups is 1. The van der Waals surface area contributed by atoms with Gasteiger partial charge in [-0.05, 0) is 60.4 Å². The molecule has 4 aromatic rings. The Bertz CT molecular complexity index is 1180. The molecule has 1 aliphatic heterocycles. The first-order chi connectivity index (χ1) is 14.6. The maximum absolute atomic E-state index is 10.1. The summed E-state index contributed by atoms with van der Waals surface area (Å²) >= 11 is 0. The first-order valence-corrected chi connectivity index (χ1v) is 10.3. The number of imidazole rings is 1. The van der Waals surface area contributed by atoms with Crippen molar-refractivity contribution in [2.24, 2.45) is 0 Å². The predicted octanol–water partition coefficient (Wildman–Crippen LogP) is 4.89. The monoisotopic (exact) mass is 399 g/mol. The topological polar surface area (TPSA) is 61.4 Å². The van der Waals surface area contributed by atoms with E-state index < -0.39 is 0 Å². The van der Waals surface area contributed by atoms with Crippen LogP contribution in [0.25, 0.3) is 22.4 Å². The molecule has 0 saturated carbocycles. The van der Waals surface area contributed by atoms with Crippen LogP contribution in [-0.4, -0.2) is 33.1 Å². The van der Waals surface area contributed by atoms with Crippen molar-refractivity contribution in [2.45, 2.75) is 32.5 Å². The highest BCUT2D eigenvalue weighted by molar-refractivity contribution is 5.79. The maximum Gasteiger partial charge on any atom is 0.160 e. The molecule has 1 unspecified atom stereocenters. The van der Waals surface area contributed by atoms with Gasteiger partial charge >= 0.3 is 0 Å². The van der Waals surface area contributed by atoms with E-state index in [1.54, 1.807) is 7.11 Å². The van der Waals surface area contributed by atoms with Gasteiger partial charge in [0.1, 0.15) is 5.82 Å². The van der Waals surface area contributed by atoms with Gasteiger partial charge in [0.05, 0.1) is 18.1 Å². The molecule has 1 atom stereocenters. The fourth-order valence-corrected chi connectivity index (χ4v) is 4.33. The van der Waals surface area contributed by atoms with Crippen molar-refractivity contribution in [1.82, 2.24) is 14.9 Å². The molecule has 30 heavy (non-hydrogen) atoms. The highest BCUT2D eigenvalue weighted by Gasteiger charge is 2.24. The van der Waals surface area contributed by atoms with Gasteiger partial charge < -0.3 is 14.8 Å². The van der Waals surface area contributed by atoms with Crippen molar-refractivity contribution in [1.29, 1.82) is 0 Å². The third-order valence-electron chi connectivity index (χ3n) is 5.99. The van der Waals surface area contributed by atoms with Crippen LogP contribution >= 0.6 is 0 Å². The summed E-state index contributed by atoms with van der Waals surface area (Å²) < 4.78 is 5.30. The molecule has 152 valence electrons. The number of nitrogens with zero attached hydrogens (tertiary/aromatic N) is 2. The molecule has 1 aliphatic rings. The fraction of sp³-hybridized carbons (Fsp3) is 0.240. The maximum atomic E-state index is 10.1. The third-order valence-corrected chi connectivity index (χ3v) is 5.99. The average Bonchev–Trinajstić information content (AvgIpc) is 3.19. The van der Waals surface area contributed by atoms with E-state index in [0.29, 0.717) is 11.8 Å². The van der Waals surface area contributed by atoms with Crippen molar-refractivity contribution >= 4 is 11.0 Å². The number of methoxy groups -OCH3 is 1. The van der Waals surface area contributed by atoms with Crippen LogP contribution < -0.4 is 4.74 Å². The van der Waals surface area contributed by atoms with Gasteiger partial charge in [0.15, 0.2) is 11.5 Å². The first-order valence-electron chi connectivity index (χ1n) is 10.3. The highest BCUT2D eigenvalue weighted by atomic mass is 16.5. The van der Waals surface area contributed by atoms with Gasteiger partial charge in [-0.3, -0.25) is 4.90 Å². The Morgan fingerprint density at radius 1 is 1.10 bits per heavy atom. The van der Waals surface area contributed by atoms with Gasteiger partial charge in [0.25, 0.3) is 0 Å². The van der Waals surface area contributed by atoms with Crippen molar-refractivity contribution in [3.05, 3.63) is 77.4 Å². The summed E-state index contributed by atoms with van der Waals surface area (Å²) in [6, 6.07) is 20.9. The summed E-state index contributed by atoms with van der Waals surface area (Å²) in [5.41, 5.74) is 6.81. The van der Waals surface area contributed by atoms with Gasteiger partial charge in [-0.25, -0.2) is 4.98 Å². The minimum absolute atomic E-state index is 0.218.